The molecule has 1 amide bonds. The molecule has 0 saturated carbocycles. The summed E-state index contributed by atoms with van der Waals surface area (Å²) < 4.78 is 6.46. The van der Waals surface area contributed by atoms with Crippen LogP contribution in [-0.2, 0) is 9.53 Å². The number of nitrogens with one attached hydrogen (secondary N) is 1. The normalized spacial score (nSPS) is 10.5. The van der Waals surface area contributed by atoms with E-state index in [1.165, 1.54) is 18.9 Å². The van der Waals surface area contributed by atoms with Crippen molar-refractivity contribution < 1.29 is 14.3 Å². The quantitative estimate of drug-likeness (QED) is 0.422. The average Bonchev–Trinajstić information content (AvgIpc) is 3.09. The van der Waals surface area contributed by atoms with Gasteiger partial charge in [0, 0.05) is 18.7 Å². The van der Waals surface area contributed by atoms with E-state index < -0.39 is 0 Å². The summed E-state index contributed by atoms with van der Waals surface area (Å²) in [6.45, 7) is 0.564. The number of ether oxygens (including phenoxy) is 1. The first-order chi connectivity index (χ1) is 12.2. The number of rotatable bonds is 9. The predicted octanol–water partition coefficient (Wildman–Crippen LogP) is 3.06. The minimum atomic E-state index is -0.194. The summed E-state index contributed by atoms with van der Waals surface area (Å²) in [6, 6.07) is 9.70. The fourth-order valence-corrected chi connectivity index (χ4v) is 2.98. The molecule has 6 nitrogen and oxygen atoms in total. The molecule has 0 bridgehead atoms. The first kappa shape index (κ1) is 19.1. The van der Waals surface area contributed by atoms with Gasteiger partial charge in [-0.25, -0.2) is 4.98 Å². The lowest BCUT2D eigenvalue weighted by Crippen LogP contribution is -2.26. The monoisotopic (exact) mass is 361 g/mol. The molecule has 1 aromatic heterocycles. The Morgan fingerprint density at radius 1 is 1.20 bits per heavy atom. The lowest BCUT2D eigenvalue weighted by molar-refractivity contribution is -0.140. The summed E-state index contributed by atoms with van der Waals surface area (Å²) in [7, 11) is 1.39. The van der Waals surface area contributed by atoms with E-state index in [-0.39, 0.29) is 11.9 Å². The van der Waals surface area contributed by atoms with Crippen LogP contribution in [0.25, 0.3) is 5.69 Å². The molecular formula is C18H23N3O3S. The van der Waals surface area contributed by atoms with Crippen LogP contribution < -0.4 is 5.32 Å². The molecule has 0 aliphatic carbocycles. The Morgan fingerprint density at radius 3 is 2.64 bits per heavy atom. The van der Waals surface area contributed by atoms with Crippen LogP contribution in [0.1, 0.15) is 36.2 Å². The highest BCUT2D eigenvalue weighted by molar-refractivity contribution is 7.98. The SMILES string of the molecule is COC(=O)CCCCCNC(=O)c1cnc(SC)n1-c1ccccc1. The highest BCUT2D eigenvalue weighted by Gasteiger charge is 2.17. The summed E-state index contributed by atoms with van der Waals surface area (Å²) in [5.74, 6) is -0.343. The largest absolute Gasteiger partial charge is 0.469 e. The van der Waals surface area contributed by atoms with Crippen molar-refractivity contribution in [3.05, 3.63) is 42.2 Å². The van der Waals surface area contributed by atoms with E-state index in [1.54, 1.807) is 6.20 Å². The number of carbonyl (C=O) groups excluding carboxylic acids is 2. The van der Waals surface area contributed by atoms with Gasteiger partial charge in [0.15, 0.2) is 5.16 Å². The van der Waals surface area contributed by atoms with Gasteiger partial charge in [0.05, 0.1) is 13.3 Å². The van der Waals surface area contributed by atoms with Crippen molar-refractivity contribution in [1.82, 2.24) is 14.9 Å². The molecule has 0 atom stereocenters. The number of thioether (sulfide) groups is 1. The predicted molar refractivity (Wildman–Crippen MR) is 98.2 cm³/mol. The van der Waals surface area contributed by atoms with Gasteiger partial charge < -0.3 is 10.1 Å². The molecule has 2 rings (SSSR count). The van der Waals surface area contributed by atoms with E-state index in [0.29, 0.717) is 18.7 Å². The van der Waals surface area contributed by atoms with Crippen LogP contribution >= 0.6 is 11.8 Å². The van der Waals surface area contributed by atoms with E-state index in [9.17, 15) is 9.59 Å². The second kappa shape index (κ2) is 9.88. The molecular weight excluding hydrogens is 338 g/mol. The third-order valence-electron chi connectivity index (χ3n) is 3.73. The number of unbranched alkanes of at least 4 members (excludes halogenated alkanes) is 2. The lowest BCUT2D eigenvalue weighted by Gasteiger charge is -2.11. The Kier molecular flexibility index (Phi) is 7.53. The molecule has 0 aliphatic heterocycles. The third kappa shape index (κ3) is 5.35. The van der Waals surface area contributed by atoms with Crippen LogP contribution in [0.4, 0.5) is 0 Å². The van der Waals surface area contributed by atoms with E-state index in [0.717, 1.165) is 30.1 Å². The number of hydrogen-bond acceptors (Lipinski definition) is 5. The molecule has 1 heterocycles. The number of esters is 1. The first-order valence-corrected chi connectivity index (χ1v) is 9.42. The maximum atomic E-state index is 12.5. The number of carbonyl (C=O) groups is 2. The van der Waals surface area contributed by atoms with Crippen LogP contribution in [0.2, 0.25) is 0 Å². The molecule has 0 aliphatic rings. The Balaban J connectivity index is 1.92. The minimum Gasteiger partial charge on any atom is -0.469 e. The molecule has 0 fully saturated rings. The summed E-state index contributed by atoms with van der Waals surface area (Å²) >= 11 is 1.50. The van der Waals surface area contributed by atoms with Gasteiger partial charge in [0.2, 0.25) is 0 Å². The zero-order valence-electron chi connectivity index (χ0n) is 14.5. The van der Waals surface area contributed by atoms with Crippen molar-refractivity contribution in [3.63, 3.8) is 0 Å². The van der Waals surface area contributed by atoms with Gasteiger partial charge in [0.25, 0.3) is 5.91 Å². The summed E-state index contributed by atoms with van der Waals surface area (Å²) in [4.78, 5) is 27.9. The molecule has 7 heteroatoms. The van der Waals surface area contributed by atoms with Crippen LogP contribution in [0.15, 0.2) is 41.7 Å². The van der Waals surface area contributed by atoms with E-state index in [1.807, 2.05) is 41.2 Å². The number of methoxy groups -OCH3 is 1. The minimum absolute atomic E-state index is 0.148. The molecule has 1 aromatic carbocycles. The van der Waals surface area contributed by atoms with Crippen molar-refractivity contribution in [2.24, 2.45) is 0 Å². The highest BCUT2D eigenvalue weighted by Crippen LogP contribution is 2.21. The average molecular weight is 361 g/mol. The number of benzene rings is 1. The number of imidazole rings is 1. The summed E-state index contributed by atoms with van der Waals surface area (Å²) in [5.41, 5.74) is 1.43. The fourth-order valence-electron chi connectivity index (χ4n) is 2.43. The highest BCUT2D eigenvalue weighted by atomic mass is 32.2. The molecule has 134 valence electrons. The maximum absolute atomic E-state index is 12.5. The molecule has 2 aromatic rings. The molecule has 0 radical (unpaired) electrons. The number of amides is 1. The fraction of sp³-hybridized carbons (Fsp3) is 0.389. The Morgan fingerprint density at radius 2 is 1.96 bits per heavy atom. The molecule has 1 N–H and O–H groups in total. The van der Waals surface area contributed by atoms with Gasteiger partial charge in [-0.2, -0.15) is 0 Å². The van der Waals surface area contributed by atoms with Gasteiger partial charge in [-0.05, 0) is 31.2 Å². The molecule has 0 spiro atoms. The van der Waals surface area contributed by atoms with Gasteiger partial charge in [0.1, 0.15) is 5.69 Å². The van der Waals surface area contributed by atoms with Crippen molar-refractivity contribution in [1.29, 1.82) is 0 Å². The van der Waals surface area contributed by atoms with E-state index >= 15 is 0 Å². The zero-order chi connectivity index (χ0) is 18.1. The maximum Gasteiger partial charge on any atom is 0.305 e. The lowest BCUT2D eigenvalue weighted by atomic mass is 10.2. The number of aromatic nitrogens is 2. The number of para-hydroxylation sites is 1. The van der Waals surface area contributed by atoms with Crippen LogP contribution in [-0.4, -0.2) is 41.3 Å². The van der Waals surface area contributed by atoms with E-state index in [2.05, 4.69) is 15.0 Å². The molecule has 0 unspecified atom stereocenters. The Labute approximate surface area is 152 Å². The Hall–Kier alpha value is -2.28. The number of hydrogen-bond donors (Lipinski definition) is 1. The standard InChI is InChI=1S/C18H23N3O3S/c1-24-16(22)11-7-4-8-12-19-17(23)15-13-20-18(25-2)21(15)14-9-5-3-6-10-14/h3,5-6,9-10,13H,4,7-8,11-12H2,1-2H3,(H,19,23). The second-order valence-electron chi connectivity index (χ2n) is 5.44. The molecule has 25 heavy (non-hydrogen) atoms. The zero-order valence-corrected chi connectivity index (χ0v) is 15.3. The van der Waals surface area contributed by atoms with Crippen LogP contribution in [0, 0.1) is 0 Å². The molecule has 0 saturated heterocycles. The van der Waals surface area contributed by atoms with Crippen molar-refractivity contribution in [2.75, 3.05) is 19.9 Å². The first-order valence-electron chi connectivity index (χ1n) is 8.19. The van der Waals surface area contributed by atoms with Crippen LogP contribution in [0.5, 0.6) is 0 Å². The van der Waals surface area contributed by atoms with Crippen molar-refractivity contribution >= 4 is 23.6 Å². The van der Waals surface area contributed by atoms with Gasteiger partial charge >= 0.3 is 5.97 Å². The summed E-state index contributed by atoms with van der Waals surface area (Å²) in [6.07, 6.45) is 6.40. The Bertz CT molecular complexity index is 701. The topological polar surface area (TPSA) is 73.2 Å². The summed E-state index contributed by atoms with van der Waals surface area (Å²) in [5, 5.41) is 3.70. The van der Waals surface area contributed by atoms with Gasteiger partial charge in [-0.3, -0.25) is 14.2 Å². The van der Waals surface area contributed by atoms with Gasteiger partial charge in [-0.15, -0.1) is 0 Å². The third-order valence-corrected chi connectivity index (χ3v) is 4.38. The van der Waals surface area contributed by atoms with Crippen molar-refractivity contribution in [2.45, 2.75) is 30.8 Å². The number of nitrogens with zero attached hydrogens (tertiary/aromatic N) is 2. The van der Waals surface area contributed by atoms with Crippen LogP contribution in [0.3, 0.4) is 0 Å². The van der Waals surface area contributed by atoms with Crippen molar-refractivity contribution in [3.8, 4) is 5.69 Å². The van der Waals surface area contributed by atoms with E-state index in [4.69, 9.17) is 0 Å². The second-order valence-corrected chi connectivity index (χ2v) is 6.22. The smallest absolute Gasteiger partial charge is 0.305 e. The van der Waals surface area contributed by atoms with Gasteiger partial charge in [-0.1, -0.05) is 36.4 Å².